The molecule has 0 aliphatic carbocycles. The number of piperidine rings is 1. The van der Waals surface area contributed by atoms with Crippen molar-refractivity contribution in [2.75, 3.05) is 6.54 Å². The van der Waals surface area contributed by atoms with Crippen molar-refractivity contribution in [2.45, 2.75) is 32.2 Å². The highest BCUT2D eigenvalue weighted by Crippen LogP contribution is 2.21. The van der Waals surface area contributed by atoms with Crippen LogP contribution in [0, 0.1) is 17.6 Å². The van der Waals surface area contributed by atoms with Crippen LogP contribution in [0.2, 0.25) is 0 Å². The molecule has 0 amide bonds. The fourth-order valence-corrected chi connectivity index (χ4v) is 2.42. The van der Waals surface area contributed by atoms with Gasteiger partial charge in [0.25, 0.3) is 0 Å². The van der Waals surface area contributed by atoms with Gasteiger partial charge < -0.3 is 5.32 Å². The molecule has 2 unspecified atom stereocenters. The highest BCUT2D eigenvalue weighted by atomic mass is 19.2. The molecule has 1 fully saturated rings. The molecule has 1 aliphatic rings. The average Bonchev–Trinajstić information content (AvgIpc) is 2.41. The van der Waals surface area contributed by atoms with Crippen LogP contribution in [0.4, 0.5) is 8.78 Å². The number of hydrogen-bond donors (Lipinski definition) is 1. The van der Waals surface area contributed by atoms with E-state index in [9.17, 15) is 8.78 Å². The third-order valence-corrected chi connectivity index (χ3v) is 3.61. The molecule has 0 aromatic heterocycles. The molecule has 0 radical (unpaired) electrons. The van der Waals surface area contributed by atoms with Gasteiger partial charge in [-0.1, -0.05) is 37.6 Å². The van der Waals surface area contributed by atoms with Crippen molar-refractivity contribution >= 4 is 6.08 Å². The van der Waals surface area contributed by atoms with Gasteiger partial charge in [-0.05, 0) is 31.4 Å². The predicted molar refractivity (Wildman–Crippen MR) is 70.2 cm³/mol. The van der Waals surface area contributed by atoms with Gasteiger partial charge >= 0.3 is 0 Å². The fourth-order valence-electron chi connectivity index (χ4n) is 2.42. The van der Waals surface area contributed by atoms with Gasteiger partial charge in [0.15, 0.2) is 11.6 Å². The van der Waals surface area contributed by atoms with E-state index < -0.39 is 11.6 Å². The topological polar surface area (TPSA) is 12.0 Å². The maximum absolute atomic E-state index is 13.5. The van der Waals surface area contributed by atoms with Crippen LogP contribution in [0.1, 0.15) is 31.7 Å². The van der Waals surface area contributed by atoms with Crippen molar-refractivity contribution in [2.24, 2.45) is 5.92 Å². The van der Waals surface area contributed by atoms with Gasteiger partial charge in [0.1, 0.15) is 0 Å². The van der Waals surface area contributed by atoms with Crippen LogP contribution in [-0.2, 0) is 0 Å². The third-order valence-electron chi connectivity index (χ3n) is 3.61. The molecule has 1 nitrogen and oxygen atoms in total. The van der Waals surface area contributed by atoms with Crippen molar-refractivity contribution in [1.29, 1.82) is 0 Å². The Morgan fingerprint density at radius 1 is 1.39 bits per heavy atom. The number of halogens is 2. The molecule has 1 aliphatic heterocycles. The smallest absolute Gasteiger partial charge is 0.166 e. The Kier molecular flexibility index (Phi) is 4.48. The lowest BCUT2D eigenvalue weighted by Crippen LogP contribution is -2.36. The molecule has 98 valence electrons. The summed E-state index contributed by atoms with van der Waals surface area (Å²) in [5.74, 6) is -0.824. The molecular formula is C15H19F2N. The van der Waals surface area contributed by atoms with Crippen LogP contribution in [0.15, 0.2) is 24.3 Å². The lowest BCUT2D eigenvalue weighted by atomic mass is 9.90. The monoisotopic (exact) mass is 251 g/mol. The summed E-state index contributed by atoms with van der Waals surface area (Å²) < 4.78 is 26.5. The molecule has 1 saturated heterocycles. The molecule has 1 N–H and O–H groups in total. The van der Waals surface area contributed by atoms with Gasteiger partial charge in [-0.3, -0.25) is 0 Å². The molecule has 0 bridgehead atoms. The molecule has 1 heterocycles. The number of rotatable bonds is 3. The molecule has 2 atom stereocenters. The predicted octanol–water partition coefficient (Wildman–Crippen LogP) is 3.76. The van der Waals surface area contributed by atoms with Crippen LogP contribution in [0.3, 0.4) is 0 Å². The quantitative estimate of drug-likeness (QED) is 0.862. The van der Waals surface area contributed by atoms with E-state index in [0.717, 1.165) is 24.9 Å². The minimum atomic E-state index is -0.791. The van der Waals surface area contributed by atoms with E-state index in [1.165, 1.54) is 18.9 Å². The Bertz CT molecular complexity index is 429. The zero-order valence-electron chi connectivity index (χ0n) is 10.6. The number of benzene rings is 1. The molecule has 3 heteroatoms. The van der Waals surface area contributed by atoms with Gasteiger partial charge in [0, 0.05) is 11.6 Å². The minimum Gasteiger partial charge on any atom is -0.310 e. The number of nitrogens with one attached hydrogen (secondary N) is 1. The zero-order valence-corrected chi connectivity index (χ0v) is 10.6. The first-order valence-corrected chi connectivity index (χ1v) is 6.56. The van der Waals surface area contributed by atoms with Gasteiger partial charge in [0.2, 0.25) is 0 Å². The molecule has 2 rings (SSSR count). The van der Waals surface area contributed by atoms with E-state index in [4.69, 9.17) is 0 Å². The summed E-state index contributed by atoms with van der Waals surface area (Å²) in [7, 11) is 0. The second-order valence-electron chi connectivity index (χ2n) is 4.86. The molecule has 1 aromatic rings. The Balaban J connectivity index is 2.04. The average molecular weight is 251 g/mol. The second-order valence-corrected chi connectivity index (χ2v) is 4.86. The lowest BCUT2D eigenvalue weighted by molar-refractivity contribution is 0.326. The van der Waals surface area contributed by atoms with E-state index in [1.807, 2.05) is 6.08 Å². The van der Waals surface area contributed by atoms with E-state index in [-0.39, 0.29) is 6.04 Å². The Morgan fingerprint density at radius 3 is 3.00 bits per heavy atom. The minimum absolute atomic E-state index is 0.270. The summed E-state index contributed by atoms with van der Waals surface area (Å²) >= 11 is 0. The van der Waals surface area contributed by atoms with Crippen molar-refractivity contribution in [3.8, 4) is 0 Å². The van der Waals surface area contributed by atoms with Crippen molar-refractivity contribution in [3.05, 3.63) is 41.5 Å². The first-order valence-electron chi connectivity index (χ1n) is 6.56. The van der Waals surface area contributed by atoms with Gasteiger partial charge in [0.05, 0.1) is 0 Å². The normalized spacial score (nSPS) is 24.6. The number of hydrogen-bond acceptors (Lipinski definition) is 1. The summed E-state index contributed by atoms with van der Waals surface area (Å²) in [6.45, 7) is 3.20. The standard InChI is InChI=1S/C15H19F2N/c1-2-11-8-9-18-13(10-11)7-6-12-4-3-5-14(16)15(12)17/h3-7,11,13,18H,2,8-10H2,1H3/b7-6+. The first kappa shape index (κ1) is 13.2. The summed E-state index contributed by atoms with van der Waals surface area (Å²) in [6, 6.07) is 4.53. The largest absolute Gasteiger partial charge is 0.310 e. The van der Waals surface area contributed by atoms with Crippen LogP contribution in [-0.4, -0.2) is 12.6 Å². The van der Waals surface area contributed by atoms with Crippen LogP contribution >= 0.6 is 0 Å². The van der Waals surface area contributed by atoms with E-state index in [1.54, 1.807) is 12.1 Å². The van der Waals surface area contributed by atoms with E-state index in [2.05, 4.69) is 12.2 Å². The fraction of sp³-hybridized carbons (Fsp3) is 0.467. The van der Waals surface area contributed by atoms with E-state index in [0.29, 0.717) is 5.56 Å². The Labute approximate surface area is 107 Å². The van der Waals surface area contributed by atoms with Crippen molar-refractivity contribution in [3.63, 3.8) is 0 Å². The lowest BCUT2D eigenvalue weighted by Gasteiger charge is -2.27. The van der Waals surface area contributed by atoms with Crippen LogP contribution in [0.5, 0.6) is 0 Å². The maximum Gasteiger partial charge on any atom is 0.166 e. The Morgan fingerprint density at radius 2 is 2.22 bits per heavy atom. The van der Waals surface area contributed by atoms with Crippen LogP contribution < -0.4 is 5.32 Å². The first-order chi connectivity index (χ1) is 8.70. The summed E-state index contributed by atoms with van der Waals surface area (Å²) in [5, 5.41) is 3.38. The SMILES string of the molecule is CCC1CCNC(/C=C/c2cccc(F)c2F)C1. The zero-order chi connectivity index (χ0) is 13.0. The molecule has 1 aromatic carbocycles. The maximum atomic E-state index is 13.5. The summed E-state index contributed by atoms with van der Waals surface area (Å²) in [6.07, 6.45) is 7.08. The third kappa shape index (κ3) is 3.16. The highest BCUT2D eigenvalue weighted by molar-refractivity contribution is 5.50. The summed E-state index contributed by atoms with van der Waals surface area (Å²) in [5.41, 5.74) is 0.315. The highest BCUT2D eigenvalue weighted by Gasteiger charge is 2.17. The van der Waals surface area contributed by atoms with Crippen molar-refractivity contribution in [1.82, 2.24) is 5.32 Å². The molecule has 18 heavy (non-hydrogen) atoms. The van der Waals surface area contributed by atoms with Crippen molar-refractivity contribution < 1.29 is 8.78 Å². The van der Waals surface area contributed by atoms with Gasteiger partial charge in [-0.25, -0.2) is 8.78 Å². The van der Waals surface area contributed by atoms with Gasteiger partial charge in [-0.2, -0.15) is 0 Å². The van der Waals surface area contributed by atoms with E-state index >= 15 is 0 Å². The Hall–Kier alpha value is -1.22. The second kappa shape index (κ2) is 6.10. The van der Waals surface area contributed by atoms with Gasteiger partial charge in [-0.15, -0.1) is 0 Å². The van der Waals surface area contributed by atoms with Crippen LogP contribution in [0.25, 0.3) is 6.08 Å². The summed E-state index contributed by atoms with van der Waals surface area (Å²) in [4.78, 5) is 0. The molecular weight excluding hydrogens is 232 g/mol. The molecule has 0 saturated carbocycles. The molecule has 0 spiro atoms.